The van der Waals surface area contributed by atoms with Crippen molar-refractivity contribution >= 4 is 15.7 Å². The molecule has 0 radical (unpaired) electrons. The maximum atomic E-state index is 14.0. The molecule has 5 nitrogen and oxygen atoms in total. The van der Waals surface area contributed by atoms with Gasteiger partial charge in [-0.25, -0.2) is 8.42 Å². The van der Waals surface area contributed by atoms with Gasteiger partial charge >= 0.3 is 0 Å². The summed E-state index contributed by atoms with van der Waals surface area (Å²) in [6.07, 6.45) is 1.53. The summed E-state index contributed by atoms with van der Waals surface area (Å²) < 4.78 is 35.7. The Kier molecular flexibility index (Phi) is 7.82. The van der Waals surface area contributed by atoms with Crippen LogP contribution < -0.4 is 9.04 Å². The Bertz CT molecular complexity index is 1460. The number of piperidine rings is 1. The van der Waals surface area contributed by atoms with Crippen molar-refractivity contribution in [3.05, 3.63) is 120 Å². The van der Waals surface area contributed by atoms with E-state index in [1.165, 1.54) is 5.56 Å². The van der Waals surface area contributed by atoms with Gasteiger partial charge in [-0.1, -0.05) is 66.2 Å². The minimum absolute atomic E-state index is 0.105. The lowest BCUT2D eigenvalue weighted by atomic mass is 10.0. The van der Waals surface area contributed by atoms with Crippen LogP contribution >= 0.6 is 0 Å². The van der Waals surface area contributed by atoms with E-state index < -0.39 is 10.0 Å². The first-order valence-electron chi connectivity index (χ1n) is 13.1. The molecule has 0 amide bonds. The van der Waals surface area contributed by atoms with Crippen molar-refractivity contribution in [1.82, 2.24) is 4.90 Å². The molecule has 196 valence electrons. The summed E-state index contributed by atoms with van der Waals surface area (Å²) in [5.74, 6) is 1.63. The average Bonchev–Trinajstić information content (AvgIpc) is 2.92. The highest BCUT2D eigenvalue weighted by Gasteiger charge is 2.34. The fraction of sp³-hybridized carbons (Fsp3) is 0.250. The fourth-order valence-corrected chi connectivity index (χ4v) is 7.03. The number of hydrogen-bond acceptors (Lipinski definition) is 4. The molecule has 1 aliphatic heterocycles. The predicted octanol–water partition coefficient (Wildman–Crippen LogP) is 6.96. The number of para-hydroxylation sites is 1. The van der Waals surface area contributed by atoms with Crippen molar-refractivity contribution < 1.29 is 13.2 Å². The Morgan fingerprint density at radius 3 is 2.16 bits per heavy atom. The lowest BCUT2D eigenvalue weighted by molar-refractivity contribution is 0.206. The molecule has 38 heavy (non-hydrogen) atoms. The molecule has 0 unspecified atom stereocenters. The highest BCUT2D eigenvalue weighted by Crippen LogP contribution is 2.32. The van der Waals surface area contributed by atoms with E-state index >= 15 is 0 Å². The molecular formula is C32H34N2O3S. The maximum absolute atomic E-state index is 14.0. The van der Waals surface area contributed by atoms with Gasteiger partial charge in [0.15, 0.2) is 0 Å². The Morgan fingerprint density at radius 1 is 0.789 bits per heavy atom. The topological polar surface area (TPSA) is 49.9 Å². The molecule has 4 aromatic carbocycles. The number of likely N-dealkylation sites (tertiary alicyclic amines) is 1. The van der Waals surface area contributed by atoms with Gasteiger partial charge in [0.2, 0.25) is 0 Å². The summed E-state index contributed by atoms with van der Waals surface area (Å²) in [5.41, 5.74) is 3.78. The van der Waals surface area contributed by atoms with E-state index in [1.54, 1.807) is 16.4 Å². The fourth-order valence-electron chi connectivity index (χ4n) is 5.09. The van der Waals surface area contributed by atoms with E-state index in [4.69, 9.17) is 4.74 Å². The number of anilines is 1. The zero-order valence-electron chi connectivity index (χ0n) is 22.0. The van der Waals surface area contributed by atoms with Gasteiger partial charge in [-0.3, -0.25) is 9.21 Å². The molecule has 1 saturated heterocycles. The third kappa shape index (κ3) is 5.93. The largest absolute Gasteiger partial charge is 0.457 e. The standard InChI is InChI=1S/C32H34N2O3S/c1-25-15-17-28(18-16-25)34(38(35,36)32-14-7-6-9-26(32)2)29-19-21-33(22-20-29)24-27-10-8-13-31(23-27)37-30-11-4-3-5-12-30/h3-18,23,29H,19-22,24H2,1-2H3. The quantitative estimate of drug-likeness (QED) is 0.249. The van der Waals surface area contributed by atoms with E-state index in [2.05, 4.69) is 17.0 Å². The van der Waals surface area contributed by atoms with E-state index in [-0.39, 0.29) is 6.04 Å². The highest BCUT2D eigenvalue weighted by atomic mass is 32.2. The van der Waals surface area contributed by atoms with Crippen LogP contribution in [0.5, 0.6) is 11.5 Å². The average molecular weight is 527 g/mol. The number of sulfonamides is 1. The van der Waals surface area contributed by atoms with Crippen LogP contribution in [0.4, 0.5) is 5.69 Å². The molecular weight excluding hydrogens is 492 g/mol. The van der Waals surface area contributed by atoms with Gasteiger partial charge in [-0.2, -0.15) is 0 Å². The minimum Gasteiger partial charge on any atom is -0.457 e. The van der Waals surface area contributed by atoms with Gasteiger partial charge in [-0.15, -0.1) is 0 Å². The second-order valence-electron chi connectivity index (χ2n) is 9.97. The number of rotatable bonds is 8. The molecule has 5 rings (SSSR count). The van der Waals surface area contributed by atoms with Crippen LogP contribution in [0.15, 0.2) is 108 Å². The van der Waals surface area contributed by atoms with Crippen molar-refractivity contribution in [1.29, 1.82) is 0 Å². The van der Waals surface area contributed by atoms with Crippen LogP contribution in [0.2, 0.25) is 0 Å². The normalized spacial score (nSPS) is 14.8. The molecule has 0 aliphatic carbocycles. The number of ether oxygens (including phenoxy) is 1. The zero-order valence-corrected chi connectivity index (χ0v) is 22.8. The van der Waals surface area contributed by atoms with Crippen molar-refractivity contribution in [3.8, 4) is 11.5 Å². The Labute approximate surface area is 226 Å². The van der Waals surface area contributed by atoms with E-state index in [0.29, 0.717) is 4.90 Å². The summed E-state index contributed by atoms with van der Waals surface area (Å²) in [7, 11) is -3.71. The van der Waals surface area contributed by atoms with Crippen LogP contribution in [0.3, 0.4) is 0 Å². The predicted molar refractivity (Wildman–Crippen MR) is 153 cm³/mol. The third-order valence-electron chi connectivity index (χ3n) is 7.09. The number of nitrogens with zero attached hydrogens (tertiary/aromatic N) is 2. The first-order chi connectivity index (χ1) is 18.4. The van der Waals surface area contributed by atoms with Crippen LogP contribution in [0, 0.1) is 13.8 Å². The van der Waals surface area contributed by atoms with Gasteiger partial charge in [0.25, 0.3) is 10.0 Å². The molecule has 6 heteroatoms. The monoisotopic (exact) mass is 526 g/mol. The van der Waals surface area contributed by atoms with Crippen LogP contribution in [-0.4, -0.2) is 32.4 Å². The molecule has 1 heterocycles. The molecule has 0 saturated carbocycles. The summed E-state index contributed by atoms with van der Waals surface area (Å²) in [6.45, 7) is 6.31. The molecule has 1 fully saturated rings. The third-order valence-corrected chi connectivity index (χ3v) is 9.13. The zero-order chi connectivity index (χ0) is 26.5. The molecule has 4 aromatic rings. The molecule has 1 aliphatic rings. The Balaban J connectivity index is 1.31. The first kappa shape index (κ1) is 26.0. The summed E-state index contributed by atoms with van der Waals surface area (Å²) in [4.78, 5) is 2.77. The first-order valence-corrected chi connectivity index (χ1v) is 14.5. The second-order valence-corrected chi connectivity index (χ2v) is 11.8. The van der Waals surface area contributed by atoms with Crippen molar-refractivity contribution in [3.63, 3.8) is 0 Å². The number of aryl methyl sites for hydroxylation is 2. The van der Waals surface area contributed by atoms with Gasteiger partial charge in [0.1, 0.15) is 11.5 Å². The molecule has 0 aromatic heterocycles. The van der Waals surface area contributed by atoms with Crippen molar-refractivity contribution in [2.24, 2.45) is 0 Å². The van der Waals surface area contributed by atoms with Crippen molar-refractivity contribution in [2.45, 2.75) is 44.2 Å². The van der Waals surface area contributed by atoms with Crippen LogP contribution in [0.1, 0.15) is 29.5 Å². The van der Waals surface area contributed by atoms with Gasteiger partial charge in [0, 0.05) is 25.7 Å². The number of hydrogen-bond donors (Lipinski definition) is 0. The van der Waals surface area contributed by atoms with E-state index in [0.717, 1.165) is 60.8 Å². The second kappa shape index (κ2) is 11.4. The van der Waals surface area contributed by atoms with E-state index in [1.807, 2.05) is 92.7 Å². The molecule has 0 spiro atoms. The molecule has 0 bridgehead atoms. The summed E-state index contributed by atoms with van der Waals surface area (Å²) in [5, 5.41) is 0. The highest BCUT2D eigenvalue weighted by molar-refractivity contribution is 7.93. The lowest BCUT2D eigenvalue weighted by Crippen LogP contribution is -2.47. The van der Waals surface area contributed by atoms with Crippen LogP contribution in [-0.2, 0) is 16.6 Å². The minimum atomic E-state index is -3.71. The van der Waals surface area contributed by atoms with Crippen molar-refractivity contribution in [2.75, 3.05) is 17.4 Å². The smallest absolute Gasteiger partial charge is 0.264 e. The Hall–Kier alpha value is -3.61. The number of benzene rings is 4. The Morgan fingerprint density at radius 2 is 1.45 bits per heavy atom. The SMILES string of the molecule is Cc1ccc(N(C2CCN(Cc3cccc(Oc4ccccc4)c3)CC2)S(=O)(=O)c2ccccc2C)cc1. The van der Waals surface area contributed by atoms with Crippen LogP contribution in [0.25, 0.3) is 0 Å². The lowest BCUT2D eigenvalue weighted by Gasteiger charge is -2.39. The van der Waals surface area contributed by atoms with Gasteiger partial charge in [0.05, 0.1) is 10.6 Å². The van der Waals surface area contributed by atoms with Gasteiger partial charge in [-0.05, 0) is 80.3 Å². The summed E-state index contributed by atoms with van der Waals surface area (Å²) >= 11 is 0. The molecule has 0 N–H and O–H groups in total. The van der Waals surface area contributed by atoms with E-state index in [9.17, 15) is 8.42 Å². The molecule has 0 atom stereocenters. The summed E-state index contributed by atoms with van der Waals surface area (Å²) in [6, 6.07) is 32.9. The van der Waals surface area contributed by atoms with Gasteiger partial charge < -0.3 is 4.74 Å². The maximum Gasteiger partial charge on any atom is 0.264 e.